The van der Waals surface area contributed by atoms with Gasteiger partial charge in [0.1, 0.15) is 6.54 Å². The van der Waals surface area contributed by atoms with E-state index in [1.165, 1.54) is 17.4 Å². The molecule has 8 heteroatoms. The molecule has 3 heterocycles. The van der Waals surface area contributed by atoms with E-state index >= 15 is 0 Å². The molecule has 1 aliphatic rings. The number of hydrogen-bond acceptors (Lipinski definition) is 5. The van der Waals surface area contributed by atoms with Crippen molar-refractivity contribution in [2.75, 3.05) is 38.0 Å². The van der Waals surface area contributed by atoms with Crippen LogP contribution in [0, 0.1) is 0 Å². The quantitative estimate of drug-likeness (QED) is 0.770. The van der Waals surface area contributed by atoms with Gasteiger partial charge in [0, 0.05) is 55.2 Å². The van der Waals surface area contributed by atoms with Crippen LogP contribution in [0.15, 0.2) is 42.7 Å². The van der Waals surface area contributed by atoms with E-state index in [1.807, 2.05) is 18.2 Å². The van der Waals surface area contributed by atoms with E-state index in [9.17, 15) is 9.59 Å². The van der Waals surface area contributed by atoms with Crippen molar-refractivity contribution in [3.63, 3.8) is 0 Å². The molecule has 6 nitrogen and oxygen atoms in total. The molecule has 0 saturated carbocycles. The van der Waals surface area contributed by atoms with Crippen LogP contribution in [0.3, 0.4) is 0 Å². The van der Waals surface area contributed by atoms with Gasteiger partial charge in [0.05, 0.1) is 4.34 Å². The minimum atomic E-state index is -0.155. The molecule has 1 saturated heterocycles. The van der Waals surface area contributed by atoms with Crippen LogP contribution in [0.2, 0.25) is 4.34 Å². The Morgan fingerprint density at radius 3 is 2.77 bits per heavy atom. The standard InChI is InChI=1S/C18H19ClN4O2S/c19-16-3-1-15(26-16)2-4-17(24)23-12-11-22(18(25)13-23)10-9-21-14-5-7-20-8-6-14/h1-8H,9-13H2,(H,20,21)/b4-2+. The molecule has 2 aromatic rings. The number of nitrogens with zero attached hydrogens (tertiary/aromatic N) is 3. The number of piperazine rings is 1. The van der Waals surface area contributed by atoms with Gasteiger partial charge >= 0.3 is 0 Å². The number of halogens is 1. The van der Waals surface area contributed by atoms with Crippen LogP contribution >= 0.6 is 22.9 Å². The first kappa shape index (κ1) is 18.4. The summed E-state index contributed by atoms with van der Waals surface area (Å²) in [5.41, 5.74) is 0.972. The first-order valence-electron chi connectivity index (χ1n) is 8.26. The molecule has 26 heavy (non-hydrogen) atoms. The van der Waals surface area contributed by atoms with Gasteiger partial charge in [-0.05, 0) is 30.3 Å². The van der Waals surface area contributed by atoms with E-state index in [4.69, 9.17) is 11.6 Å². The first-order valence-corrected chi connectivity index (χ1v) is 9.45. The van der Waals surface area contributed by atoms with Crippen LogP contribution in [0.5, 0.6) is 0 Å². The molecular weight excluding hydrogens is 372 g/mol. The highest BCUT2D eigenvalue weighted by molar-refractivity contribution is 7.17. The summed E-state index contributed by atoms with van der Waals surface area (Å²) < 4.78 is 0.682. The number of pyridine rings is 1. The summed E-state index contributed by atoms with van der Waals surface area (Å²) >= 11 is 7.28. The van der Waals surface area contributed by atoms with Crippen LogP contribution in [0.25, 0.3) is 6.08 Å². The van der Waals surface area contributed by atoms with Crippen molar-refractivity contribution in [1.29, 1.82) is 0 Å². The first-order chi connectivity index (χ1) is 12.6. The number of nitrogens with one attached hydrogen (secondary N) is 1. The zero-order valence-corrected chi connectivity index (χ0v) is 15.7. The number of hydrogen-bond donors (Lipinski definition) is 1. The molecule has 2 aromatic heterocycles. The molecule has 1 fully saturated rings. The van der Waals surface area contributed by atoms with Gasteiger partial charge in [-0.25, -0.2) is 0 Å². The minimum Gasteiger partial charge on any atom is -0.383 e. The van der Waals surface area contributed by atoms with Crippen molar-refractivity contribution >= 4 is 46.5 Å². The lowest BCUT2D eigenvalue weighted by Crippen LogP contribution is -2.52. The number of thiophene rings is 1. The molecule has 0 atom stereocenters. The van der Waals surface area contributed by atoms with Gasteiger partial charge in [0.15, 0.2) is 0 Å². The summed E-state index contributed by atoms with van der Waals surface area (Å²) in [4.78, 5) is 32.8. The smallest absolute Gasteiger partial charge is 0.247 e. The summed E-state index contributed by atoms with van der Waals surface area (Å²) in [5.74, 6) is -0.189. The molecular formula is C18H19ClN4O2S. The molecule has 3 rings (SSSR count). The number of amides is 2. The van der Waals surface area contributed by atoms with Gasteiger partial charge in [-0.3, -0.25) is 14.6 Å². The monoisotopic (exact) mass is 390 g/mol. The predicted octanol–water partition coefficient (Wildman–Crippen LogP) is 2.59. The maximum atomic E-state index is 12.3. The lowest BCUT2D eigenvalue weighted by molar-refractivity contribution is -0.142. The average molecular weight is 391 g/mol. The van der Waals surface area contributed by atoms with Gasteiger partial charge in [0.2, 0.25) is 11.8 Å². The Kier molecular flexibility index (Phi) is 6.25. The number of anilines is 1. The number of carbonyl (C=O) groups is 2. The zero-order valence-electron chi connectivity index (χ0n) is 14.1. The van der Waals surface area contributed by atoms with Crippen molar-refractivity contribution < 1.29 is 9.59 Å². The Morgan fingerprint density at radius 2 is 2.08 bits per heavy atom. The van der Waals surface area contributed by atoms with E-state index in [0.717, 1.165) is 10.6 Å². The maximum Gasteiger partial charge on any atom is 0.247 e. The largest absolute Gasteiger partial charge is 0.383 e. The van der Waals surface area contributed by atoms with Crippen molar-refractivity contribution in [2.24, 2.45) is 0 Å². The van der Waals surface area contributed by atoms with Crippen LogP contribution in [-0.2, 0) is 9.59 Å². The van der Waals surface area contributed by atoms with Gasteiger partial charge in [-0.2, -0.15) is 0 Å². The van der Waals surface area contributed by atoms with Crippen LogP contribution in [0.4, 0.5) is 5.69 Å². The Hall–Kier alpha value is -2.38. The molecule has 0 bridgehead atoms. The fourth-order valence-electron chi connectivity index (χ4n) is 2.61. The van der Waals surface area contributed by atoms with Gasteiger partial charge in [-0.15, -0.1) is 11.3 Å². The highest BCUT2D eigenvalue weighted by Crippen LogP contribution is 2.22. The SMILES string of the molecule is O=C(/C=C/c1ccc(Cl)s1)N1CCN(CCNc2ccncc2)C(=O)C1. The van der Waals surface area contributed by atoms with E-state index in [-0.39, 0.29) is 18.4 Å². The molecule has 0 unspecified atom stereocenters. The van der Waals surface area contributed by atoms with Crippen LogP contribution in [0.1, 0.15) is 4.88 Å². The fourth-order valence-corrected chi connectivity index (χ4v) is 3.58. The third-order valence-electron chi connectivity index (χ3n) is 4.01. The Bertz CT molecular complexity index is 793. The Balaban J connectivity index is 1.44. The summed E-state index contributed by atoms with van der Waals surface area (Å²) in [7, 11) is 0. The molecule has 1 aliphatic heterocycles. The van der Waals surface area contributed by atoms with E-state index < -0.39 is 0 Å². The van der Waals surface area contributed by atoms with Gasteiger partial charge in [-0.1, -0.05) is 11.6 Å². The van der Waals surface area contributed by atoms with Crippen molar-refractivity contribution in [3.8, 4) is 0 Å². The lowest BCUT2D eigenvalue weighted by atomic mass is 10.2. The zero-order chi connectivity index (χ0) is 18.4. The molecule has 0 aliphatic carbocycles. The maximum absolute atomic E-state index is 12.3. The van der Waals surface area contributed by atoms with E-state index in [0.29, 0.717) is 30.5 Å². The average Bonchev–Trinajstić information content (AvgIpc) is 3.07. The van der Waals surface area contributed by atoms with Crippen molar-refractivity contribution in [1.82, 2.24) is 14.8 Å². The number of carbonyl (C=O) groups excluding carboxylic acids is 2. The van der Waals surface area contributed by atoms with Crippen molar-refractivity contribution in [3.05, 3.63) is 51.9 Å². The highest BCUT2D eigenvalue weighted by Gasteiger charge is 2.25. The Morgan fingerprint density at radius 1 is 1.27 bits per heavy atom. The highest BCUT2D eigenvalue weighted by atomic mass is 35.5. The third-order valence-corrected chi connectivity index (χ3v) is 5.20. The summed E-state index contributed by atoms with van der Waals surface area (Å²) in [6.45, 7) is 2.45. The van der Waals surface area contributed by atoms with Gasteiger partial charge in [0.25, 0.3) is 0 Å². The Labute approximate surface area is 161 Å². The van der Waals surface area contributed by atoms with Crippen molar-refractivity contribution in [2.45, 2.75) is 0 Å². The number of aromatic nitrogens is 1. The lowest BCUT2D eigenvalue weighted by Gasteiger charge is -2.34. The molecule has 136 valence electrons. The number of rotatable bonds is 6. The topological polar surface area (TPSA) is 65.5 Å². The molecule has 0 radical (unpaired) electrons. The van der Waals surface area contributed by atoms with Gasteiger partial charge < -0.3 is 15.1 Å². The normalized spacial score (nSPS) is 14.9. The third kappa shape index (κ3) is 5.06. The molecule has 0 spiro atoms. The second kappa shape index (κ2) is 8.82. The molecule has 2 amide bonds. The summed E-state index contributed by atoms with van der Waals surface area (Å²) in [6, 6.07) is 7.41. The van der Waals surface area contributed by atoms with E-state index in [2.05, 4.69) is 10.3 Å². The summed E-state index contributed by atoms with van der Waals surface area (Å²) in [6.07, 6.45) is 6.66. The van der Waals surface area contributed by atoms with Crippen LogP contribution in [-0.4, -0.2) is 59.3 Å². The van der Waals surface area contributed by atoms with E-state index in [1.54, 1.807) is 34.3 Å². The fraction of sp³-hybridized carbons (Fsp3) is 0.278. The second-order valence-corrected chi connectivity index (χ2v) is 7.53. The summed E-state index contributed by atoms with van der Waals surface area (Å²) in [5, 5.41) is 3.25. The van der Waals surface area contributed by atoms with Crippen LogP contribution < -0.4 is 5.32 Å². The minimum absolute atomic E-state index is 0.0336. The molecule has 1 N–H and O–H groups in total. The molecule has 0 aromatic carbocycles. The second-order valence-electron chi connectivity index (χ2n) is 5.78. The predicted molar refractivity (Wildman–Crippen MR) is 104 cm³/mol.